The van der Waals surface area contributed by atoms with Crippen molar-refractivity contribution in [3.63, 3.8) is 0 Å². The maximum absolute atomic E-state index is 5.52. The number of likely N-dealkylation sites (N-methyl/N-ethyl adjacent to an activating group) is 1. The molecular weight excluding hydrogens is 264 g/mol. The van der Waals surface area contributed by atoms with Crippen molar-refractivity contribution in [2.24, 2.45) is 5.73 Å². The molecule has 0 saturated heterocycles. The van der Waals surface area contributed by atoms with Gasteiger partial charge in [0.25, 0.3) is 0 Å². The zero-order chi connectivity index (χ0) is 13.0. The Bertz CT molecular complexity index is 498. The second-order valence-corrected chi connectivity index (χ2v) is 4.08. The first-order chi connectivity index (χ1) is 8.74. The van der Waals surface area contributed by atoms with Gasteiger partial charge in [0.2, 0.25) is 0 Å². The lowest BCUT2D eigenvalue weighted by molar-refractivity contribution is 0.415. The van der Waals surface area contributed by atoms with E-state index in [1.54, 1.807) is 7.11 Å². The van der Waals surface area contributed by atoms with Crippen LogP contribution < -0.4 is 15.4 Å². The normalized spacial score (nSPS) is 9.84. The van der Waals surface area contributed by atoms with Gasteiger partial charge in [0.15, 0.2) is 5.82 Å². The topological polar surface area (TPSA) is 67.2 Å². The van der Waals surface area contributed by atoms with E-state index >= 15 is 0 Å². The second kappa shape index (κ2) is 7.01. The summed E-state index contributed by atoms with van der Waals surface area (Å²) in [6, 6.07) is 9.87. The molecule has 0 amide bonds. The monoisotopic (exact) mass is 282 g/mol. The number of halogens is 1. The number of methoxy groups -OCH3 is 1. The predicted octanol–water partition coefficient (Wildman–Crippen LogP) is 1.90. The molecule has 5 nitrogen and oxygen atoms in total. The first-order valence-corrected chi connectivity index (χ1v) is 5.85. The summed E-state index contributed by atoms with van der Waals surface area (Å²) in [5, 5.41) is 7.29. The fraction of sp³-hybridized carbons (Fsp3) is 0.308. The zero-order valence-electron chi connectivity index (χ0n) is 11.1. The van der Waals surface area contributed by atoms with Gasteiger partial charge in [-0.25, -0.2) is 0 Å². The Morgan fingerprint density at radius 2 is 2.00 bits per heavy atom. The highest BCUT2D eigenvalue weighted by molar-refractivity contribution is 5.85. The summed E-state index contributed by atoms with van der Waals surface area (Å²) in [6.07, 6.45) is 0. The molecule has 6 heteroatoms. The molecule has 2 aromatic rings. The Labute approximate surface area is 119 Å². The van der Waals surface area contributed by atoms with Crippen LogP contribution in [-0.4, -0.2) is 37.4 Å². The number of benzene rings is 1. The largest absolute Gasteiger partial charge is 0.497 e. The van der Waals surface area contributed by atoms with Crippen LogP contribution >= 0.6 is 12.4 Å². The van der Waals surface area contributed by atoms with Crippen molar-refractivity contribution in [3.05, 3.63) is 30.3 Å². The van der Waals surface area contributed by atoms with E-state index in [2.05, 4.69) is 10.2 Å². The number of nitrogens with zero attached hydrogens (tertiary/aromatic N) is 2. The number of nitrogens with one attached hydrogen (secondary N) is 1. The molecule has 0 aliphatic carbocycles. The quantitative estimate of drug-likeness (QED) is 0.879. The molecule has 19 heavy (non-hydrogen) atoms. The smallest absolute Gasteiger partial charge is 0.150 e. The van der Waals surface area contributed by atoms with Crippen LogP contribution in [0.4, 0.5) is 5.82 Å². The van der Waals surface area contributed by atoms with E-state index < -0.39 is 0 Å². The van der Waals surface area contributed by atoms with Crippen LogP contribution in [-0.2, 0) is 0 Å². The molecule has 0 saturated carbocycles. The summed E-state index contributed by atoms with van der Waals surface area (Å²) in [5.74, 6) is 1.74. The Balaban J connectivity index is 0.00000180. The van der Waals surface area contributed by atoms with E-state index in [4.69, 9.17) is 10.5 Å². The highest BCUT2D eigenvalue weighted by Crippen LogP contribution is 2.23. The van der Waals surface area contributed by atoms with Crippen LogP contribution in [0.15, 0.2) is 30.3 Å². The molecule has 1 aromatic carbocycles. The highest BCUT2D eigenvalue weighted by atomic mass is 35.5. The summed E-state index contributed by atoms with van der Waals surface area (Å²) in [4.78, 5) is 2.02. The average molecular weight is 283 g/mol. The van der Waals surface area contributed by atoms with Crippen LogP contribution in [0.25, 0.3) is 11.3 Å². The number of anilines is 1. The van der Waals surface area contributed by atoms with Crippen LogP contribution in [0.5, 0.6) is 5.75 Å². The first-order valence-electron chi connectivity index (χ1n) is 5.85. The maximum Gasteiger partial charge on any atom is 0.150 e. The Morgan fingerprint density at radius 3 is 2.58 bits per heavy atom. The molecule has 0 bridgehead atoms. The minimum Gasteiger partial charge on any atom is -0.497 e. The lowest BCUT2D eigenvalue weighted by Gasteiger charge is -2.13. The van der Waals surface area contributed by atoms with Gasteiger partial charge in [0.05, 0.1) is 12.8 Å². The Kier molecular flexibility index (Phi) is 5.66. The number of ether oxygens (including phenoxy) is 1. The number of hydrogen-bond acceptors (Lipinski definition) is 4. The first kappa shape index (κ1) is 15.3. The summed E-state index contributed by atoms with van der Waals surface area (Å²) in [5.41, 5.74) is 7.59. The summed E-state index contributed by atoms with van der Waals surface area (Å²) >= 11 is 0. The van der Waals surface area contributed by atoms with Gasteiger partial charge in [0.1, 0.15) is 5.75 Å². The van der Waals surface area contributed by atoms with Gasteiger partial charge >= 0.3 is 0 Å². The van der Waals surface area contributed by atoms with Gasteiger partial charge in [-0.05, 0) is 29.8 Å². The third-order valence-electron chi connectivity index (χ3n) is 2.82. The SMILES string of the molecule is COc1ccc(-c2cc(N(C)CCN)n[nH]2)cc1.Cl. The number of nitrogens with two attached hydrogens (primary N) is 1. The van der Waals surface area contributed by atoms with Gasteiger partial charge in [0, 0.05) is 26.2 Å². The molecular formula is C13H19ClN4O. The third kappa shape index (κ3) is 3.62. The van der Waals surface area contributed by atoms with Crippen LogP contribution in [0, 0.1) is 0 Å². The number of aromatic amines is 1. The van der Waals surface area contributed by atoms with Crippen molar-refractivity contribution in [3.8, 4) is 17.0 Å². The van der Waals surface area contributed by atoms with Crippen molar-refractivity contribution in [1.82, 2.24) is 10.2 Å². The second-order valence-electron chi connectivity index (χ2n) is 4.08. The molecule has 2 rings (SSSR count). The van der Waals surface area contributed by atoms with E-state index in [1.165, 1.54) is 0 Å². The van der Waals surface area contributed by atoms with Crippen molar-refractivity contribution in [1.29, 1.82) is 0 Å². The van der Waals surface area contributed by atoms with E-state index in [0.717, 1.165) is 29.4 Å². The van der Waals surface area contributed by atoms with Crippen LogP contribution in [0.2, 0.25) is 0 Å². The zero-order valence-corrected chi connectivity index (χ0v) is 11.9. The van der Waals surface area contributed by atoms with Gasteiger partial charge < -0.3 is 15.4 Å². The predicted molar refractivity (Wildman–Crippen MR) is 80.1 cm³/mol. The van der Waals surface area contributed by atoms with Gasteiger partial charge in [-0.15, -0.1) is 12.4 Å². The number of aromatic nitrogens is 2. The summed E-state index contributed by atoms with van der Waals surface area (Å²) in [6.45, 7) is 1.40. The molecule has 0 radical (unpaired) electrons. The molecule has 104 valence electrons. The molecule has 0 atom stereocenters. The van der Waals surface area contributed by atoms with Crippen LogP contribution in [0.3, 0.4) is 0 Å². The highest BCUT2D eigenvalue weighted by Gasteiger charge is 2.07. The average Bonchev–Trinajstić information content (AvgIpc) is 2.89. The summed E-state index contributed by atoms with van der Waals surface area (Å²) in [7, 11) is 3.63. The fourth-order valence-electron chi connectivity index (χ4n) is 1.73. The molecule has 1 aromatic heterocycles. The van der Waals surface area contributed by atoms with Crippen molar-refractivity contribution >= 4 is 18.2 Å². The fourth-order valence-corrected chi connectivity index (χ4v) is 1.73. The number of rotatable bonds is 5. The molecule has 0 aliphatic rings. The minimum atomic E-state index is 0. The molecule has 3 N–H and O–H groups in total. The molecule has 0 aliphatic heterocycles. The minimum absolute atomic E-state index is 0. The Hall–Kier alpha value is -1.72. The lowest BCUT2D eigenvalue weighted by Crippen LogP contribution is -2.25. The maximum atomic E-state index is 5.52. The third-order valence-corrected chi connectivity index (χ3v) is 2.82. The van der Waals surface area contributed by atoms with E-state index in [1.807, 2.05) is 42.3 Å². The summed E-state index contributed by atoms with van der Waals surface area (Å²) < 4.78 is 5.13. The van der Waals surface area contributed by atoms with Crippen molar-refractivity contribution in [2.45, 2.75) is 0 Å². The van der Waals surface area contributed by atoms with E-state index in [0.29, 0.717) is 6.54 Å². The number of H-pyrrole nitrogens is 1. The van der Waals surface area contributed by atoms with Crippen molar-refractivity contribution < 1.29 is 4.74 Å². The number of hydrogen-bond donors (Lipinski definition) is 2. The van der Waals surface area contributed by atoms with Gasteiger partial charge in [-0.1, -0.05) is 0 Å². The molecule has 0 spiro atoms. The Morgan fingerprint density at radius 1 is 1.32 bits per heavy atom. The van der Waals surface area contributed by atoms with E-state index in [9.17, 15) is 0 Å². The van der Waals surface area contributed by atoms with Crippen LogP contribution in [0.1, 0.15) is 0 Å². The molecule has 0 unspecified atom stereocenters. The standard InChI is InChI=1S/C13H18N4O.ClH/c1-17(8-7-14)13-9-12(15-16-13)10-3-5-11(18-2)6-4-10;/h3-6,9H,7-8,14H2,1-2H3,(H,15,16);1H. The van der Waals surface area contributed by atoms with Crippen molar-refractivity contribution in [2.75, 3.05) is 32.1 Å². The van der Waals surface area contributed by atoms with E-state index in [-0.39, 0.29) is 12.4 Å². The lowest BCUT2D eigenvalue weighted by atomic mass is 10.1. The van der Waals surface area contributed by atoms with Gasteiger partial charge in [-0.3, -0.25) is 5.10 Å². The van der Waals surface area contributed by atoms with Gasteiger partial charge in [-0.2, -0.15) is 5.10 Å². The molecule has 1 heterocycles. The molecule has 0 fully saturated rings.